The molecule has 0 aromatic heterocycles. The number of non-ortho nitro benzene ring substituents is 1. The summed E-state index contributed by atoms with van der Waals surface area (Å²) in [5, 5.41) is 17.4. The van der Waals surface area contributed by atoms with Crippen molar-refractivity contribution in [2.45, 2.75) is 0 Å². The van der Waals surface area contributed by atoms with Gasteiger partial charge in [0.25, 0.3) is 17.5 Å². The summed E-state index contributed by atoms with van der Waals surface area (Å²) in [6.07, 6.45) is 2.81. The van der Waals surface area contributed by atoms with Gasteiger partial charge in [-0.2, -0.15) is 5.10 Å². The lowest BCUT2D eigenvalue weighted by Gasteiger charge is -2.09. The normalized spacial score (nSPS) is 12.0. The van der Waals surface area contributed by atoms with E-state index in [9.17, 15) is 24.5 Å². The van der Waals surface area contributed by atoms with Gasteiger partial charge in [-0.3, -0.25) is 19.7 Å². The molecule has 214 valence electrons. The van der Waals surface area contributed by atoms with Gasteiger partial charge in [0.15, 0.2) is 11.5 Å². The Kier molecular flexibility index (Phi) is 8.48. The largest absolute Gasteiger partial charge is 0.454 e. The van der Waals surface area contributed by atoms with Gasteiger partial charge in [-0.25, -0.2) is 10.2 Å². The molecular weight excluding hydrogens is 556 g/mol. The average molecular weight is 579 g/mol. The summed E-state index contributed by atoms with van der Waals surface area (Å²) < 4.78 is 16.1. The molecule has 1 aliphatic rings. The van der Waals surface area contributed by atoms with Gasteiger partial charge in [0.2, 0.25) is 6.79 Å². The number of carbonyl (C=O) groups is 3. The van der Waals surface area contributed by atoms with Crippen molar-refractivity contribution < 1.29 is 33.5 Å². The van der Waals surface area contributed by atoms with E-state index in [1.165, 1.54) is 42.6 Å². The van der Waals surface area contributed by atoms with Crippen LogP contribution in [0.4, 0.5) is 5.69 Å². The summed E-state index contributed by atoms with van der Waals surface area (Å²) in [6.45, 7) is 0.0900. The van der Waals surface area contributed by atoms with Crippen molar-refractivity contribution in [2.75, 3.05) is 6.79 Å². The second-order valence-electron chi connectivity index (χ2n) is 8.96. The number of ether oxygens (including phenoxy) is 3. The van der Waals surface area contributed by atoms with E-state index >= 15 is 0 Å². The first kappa shape index (κ1) is 28.2. The minimum atomic E-state index is -0.704. The molecule has 0 saturated heterocycles. The van der Waals surface area contributed by atoms with Gasteiger partial charge >= 0.3 is 5.97 Å². The molecule has 0 aliphatic carbocycles. The van der Waals surface area contributed by atoms with Gasteiger partial charge in [-0.15, -0.1) is 0 Å². The number of hydrogen-bond donors (Lipinski definition) is 2. The molecule has 12 nitrogen and oxygen atoms in total. The number of hydrazone groups is 1. The van der Waals surface area contributed by atoms with Crippen LogP contribution in [0.25, 0.3) is 6.08 Å². The van der Waals surface area contributed by atoms with Crippen LogP contribution >= 0.6 is 0 Å². The lowest BCUT2D eigenvalue weighted by atomic mass is 10.1. The van der Waals surface area contributed by atoms with Crippen LogP contribution in [0.3, 0.4) is 0 Å². The first-order valence-corrected chi connectivity index (χ1v) is 12.7. The van der Waals surface area contributed by atoms with Crippen LogP contribution in [0, 0.1) is 10.1 Å². The van der Waals surface area contributed by atoms with Crippen LogP contribution < -0.4 is 25.0 Å². The maximum Gasteiger partial charge on any atom is 0.343 e. The molecule has 0 fully saturated rings. The minimum Gasteiger partial charge on any atom is -0.454 e. The third-order valence-electron chi connectivity index (χ3n) is 6.00. The maximum absolute atomic E-state index is 13.1. The zero-order valence-corrected chi connectivity index (χ0v) is 22.3. The van der Waals surface area contributed by atoms with E-state index < -0.39 is 22.7 Å². The number of benzene rings is 4. The molecule has 0 bridgehead atoms. The number of fused-ring (bicyclic) bond motifs is 1. The van der Waals surface area contributed by atoms with Crippen LogP contribution in [0.5, 0.6) is 17.2 Å². The molecule has 0 spiro atoms. The van der Waals surface area contributed by atoms with Crippen molar-refractivity contribution in [1.82, 2.24) is 10.7 Å². The van der Waals surface area contributed by atoms with Crippen LogP contribution in [0.2, 0.25) is 0 Å². The van der Waals surface area contributed by atoms with Gasteiger partial charge in [0.1, 0.15) is 11.4 Å². The molecule has 1 aliphatic heterocycles. The molecule has 0 saturated carbocycles. The third kappa shape index (κ3) is 7.27. The summed E-state index contributed by atoms with van der Waals surface area (Å²) in [5.74, 6) is -0.619. The Hall–Kier alpha value is -6.30. The van der Waals surface area contributed by atoms with E-state index in [1.54, 1.807) is 66.7 Å². The molecule has 4 aromatic carbocycles. The topological polar surface area (TPSA) is 158 Å². The Morgan fingerprint density at radius 1 is 0.837 bits per heavy atom. The second kappa shape index (κ2) is 12.9. The summed E-state index contributed by atoms with van der Waals surface area (Å²) in [5.41, 5.74) is 3.73. The average Bonchev–Trinajstić information content (AvgIpc) is 3.49. The lowest BCUT2D eigenvalue weighted by Crippen LogP contribution is -2.32. The zero-order chi connectivity index (χ0) is 30.2. The molecule has 2 amide bonds. The van der Waals surface area contributed by atoms with E-state index in [4.69, 9.17) is 14.2 Å². The summed E-state index contributed by atoms with van der Waals surface area (Å²) in [4.78, 5) is 48.6. The Morgan fingerprint density at radius 3 is 2.37 bits per heavy atom. The fourth-order valence-electron chi connectivity index (χ4n) is 3.88. The van der Waals surface area contributed by atoms with E-state index in [0.717, 1.165) is 0 Å². The number of amides is 2. The number of nitro groups is 1. The van der Waals surface area contributed by atoms with Crippen molar-refractivity contribution in [3.05, 3.63) is 135 Å². The van der Waals surface area contributed by atoms with Crippen molar-refractivity contribution >= 4 is 35.8 Å². The molecule has 43 heavy (non-hydrogen) atoms. The third-order valence-corrected chi connectivity index (χ3v) is 6.00. The van der Waals surface area contributed by atoms with E-state index in [-0.39, 0.29) is 29.5 Å². The lowest BCUT2D eigenvalue weighted by molar-refractivity contribution is -0.384. The van der Waals surface area contributed by atoms with Gasteiger partial charge < -0.3 is 19.5 Å². The summed E-state index contributed by atoms with van der Waals surface area (Å²) in [6, 6.07) is 24.9. The highest BCUT2D eigenvalue weighted by molar-refractivity contribution is 6.05. The fraction of sp³-hybridized carbons (Fsp3) is 0.0323. The fourth-order valence-corrected chi connectivity index (χ4v) is 3.88. The number of carbonyl (C=O) groups excluding carboxylic acids is 3. The molecule has 0 radical (unpaired) electrons. The highest BCUT2D eigenvalue weighted by atomic mass is 16.7. The Morgan fingerprint density at radius 2 is 1.60 bits per heavy atom. The molecule has 4 aromatic rings. The van der Waals surface area contributed by atoms with E-state index in [1.807, 2.05) is 0 Å². The van der Waals surface area contributed by atoms with Gasteiger partial charge in [0.05, 0.1) is 16.7 Å². The second-order valence-corrected chi connectivity index (χ2v) is 8.96. The van der Waals surface area contributed by atoms with Crippen LogP contribution in [0.1, 0.15) is 31.8 Å². The molecule has 0 atom stereocenters. The first-order valence-electron chi connectivity index (χ1n) is 12.7. The van der Waals surface area contributed by atoms with Crippen molar-refractivity contribution in [1.29, 1.82) is 0 Å². The standard InChI is InChI=1S/C31H22N4O8/c36-29(22-6-2-1-3-7-22)33-26(16-20-9-14-27-28(17-20)42-19-41-27)30(37)34-32-18-21-5-4-8-25(15-21)43-31(38)23-10-12-24(13-11-23)35(39)40/h1-18H,19H2,(H,33,36)(H,34,37). The quantitative estimate of drug-likeness (QED) is 0.0736. The number of nitrogens with one attached hydrogen (secondary N) is 2. The molecule has 5 rings (SSSR count). The van der Waals surface area contributed by atoms with Gasteiger partial charge in [-0.1, -0.05) is 36.4 Å². The number of nitrogens with zero attached hydrogens (tertiary/aromatic N) is 2. The first-order chi connectivity index (χ1) is 20.9. The molecule has 0 unspecified atom stereocenters. The number of hydrogen-bond acceptors (Lipinski definition) is 9. The number of rotatable bonds is 9. The van der Waals surface area contributed by atoms with E-state index in [0.29, 0.717) is 28.2 Å². The van der Waals surface area contributed by atoms with Crippen LogP contribution in [-0.2, 0) is 4.79 Å². The van der Waals surface area contributed by atoms with Gasteiger partial charge in [0, 0.05) is 17.7 Å². The molecular formula is C31H22N4O8. The Bertz CT molecular complexity index is 1750. The predicted octanol–water partition coefficient (Wildman–Crippen LogP) is 4.46. The maximum atomic E-state index is 13.1. The zero-order valence-electron chi connectivity index (χ0n) is 22.3. The van der Waals surface area contributed by atoms with Crippen molar-refractivity contribution in [3.8, 4) is 17.2 Å². The van der Waals surface area contributed by atoms with Crippen molar-refractivity contribution in [3.63, 3.8) is 0 Å². The monoisotopic (exact) mass is 578 g/mol. The molecule has 2 N–H and O–H groups in total. The van der Waals surface area contributed by atoms with Gasteiger partial charge in [-0.05, 0) is 65.7 Å². The summed E-state index contributed by atoms with van der Waals surface area (Å²) in [7, 11) is 0. The molecule has 12 heteroatoms. The number of nitro benzene ring substituents is 1. The van der Waals surface area contributed by atoms with Crippen LogP contribution in [-0.4, -0.2) is 35.7 Å². The highest BCUT2D eigenvalue weighted by Crippen LogP contribution is 2.33. The number of esters is 1. The smallest absolute Gasteiger partial charge is 0.343 e. The van der Waals surface area contributed by atoms with Crippen molar-refractivity contribution in [2.24, 2.45) is 5.10 Å². The molecule has 1 heterocycles. The Labute approximate surface area is 244 Å². The van der Waals surface area contributed by atoms with E-state index in [2.05, 4.69) is 15.8 Å². The SMILES string of the molecule is O=C(NN=Cc1cccc(OC(=O)c2ccc([N+](=O)[O-])cc2)c1)C(=Cc1ccc2c(c1)OCO2)NC(=O)c1ccccc1. The Balaban J connectivity index is 1.28. The summed E-state index contributed by atoms with van der Waals surface area (Å²) >= 11 is 0. The highest BCUT2D eigenvalue weighted by Gasteiger charge is 2.17. The van der Waals surface area contributed by atoms with Crippen LogP contribution in [0.15, 0.2) is 108 Å². The predicted molar refractivity (Wildman–Crippen MR) is 155 cm³/mol. The minimum absolute atomic E-state index is 0.0735.